The number of nitrogens with zero attached hydrogens (tertiary/aromatic N) is 4. The van der Waals surface area contributed by atoms with E-state index in [-0.39, 0.29) is 0 Å². The predicted octanol–water partition coefficient (Wildman–Crippen LogP) is 11.8. The van der Waals surface area contributed by atoms with E-state index in [4.69, 9.17) is 19.7 Å². The summed E-state index contributed by atoms with van der Waals surface area (Å²) < 4.78 is 11.9. The fourth-order valence-electron chi connectivity index (χ4n) is 5.59. The second-order valence-electron chi connectivity index (χ2n) is 10.9. The Kier molecular flexibility index (Phi) is 8.04. The number of fused-ring (bicyclic) bond motifs is 2. The van der Waals surface area contributed by atoms with Crippen LogP contribution in [-0.2, 0) is 0 Å². The second-order valence-corrected chi connectivity index (χ2v) is 10.9. The molecule has 4 aliphatic heterocycles. The van der Waals surface area contributed by atoms with Crippen LogP contribution in [0.1, 0.15) is 25.7 Å². The first-order valence-electron chi connectivity index (χ1n) is 15.1. The smallest absolute Gasteiger partial charge is 0.119 e. The first kappa shape index (κ1) is 27.5. The number of rotatable bonds is 0. The van der Waals surface area contributed by atoms with Crippen molar-refractivity contribution in [2.45, 2.75) is 25.7 Å². The average molecular weight is 577 g/mol. The average Bonchev–Trinajstić information content (AvgIpc) is 3.08. The number of hydrogen-bond acceptors (Lipinski definition) is 6. The molecule has 4 bridgehead atoms. The van der Waals surface area contributed by atoms with Gasteiger partial charge in [-0.1, -0.05) is 60.7 Å². The standard InChI is InChI=1S/C38H32N4O2/c1-2-8-26-44-32-21-17-30(18-22-32)40-42-36-24-14-28-10-4-6-12-34(28)38(36)37-33-11-5-3-9-27(33)13-23-35(37)41-39-29-15-19-31(20-16-29)43-25-7-1/h3-6,9-24H,1-2,7-8,25-26H2. The third-order valence-electron chi connectivity index (χ3n) is 7.86. The maximum absolute atomic E-state index is 5.97. The Morgan fingerprint density at radius 1 is 0.386 bits per heavy atom. The molecule has 0 amide bonds. The van der Waals surface area contributed by atoms with Crippen LogP contribution in [0, 0.1) is 0 Å². The van der Waals surface area contributed by atoms with Gasteiger partial charge >= 0.3 is 0 Å². The number of hydrogen-bond donors (Lipinski definition) is 0. The zero-order valence-corrected chi connectivity index (χ0v) is 24.4. The molecule has 0 aliphatic carbocycles. The third-order valence-corrected chi connectivity index (χ3v) is 7.86. The number of benzene rings is 6. The highest BCUT2D eigenvalue weighted by Crippen LogP contribution is 2.46. The van der Waals surface area contributed by atoms with Crippen LogP contribution < -0.4 is 9.47 Å². The molecule has 10 rings (SSSR count). The molecule has 4 aliphatic rings. The molecule has 0 saturated carbocycles. The quantitative estimate of drug-likeness (QED) is 0.180. The van der Waals surface area contributed by atoms with Crippen molar-refractivity contribution in [2.24, 2.45) is 20.5 Å². The summed E-state index contributed by atoms with van der Waals surface area (Å²) >= 11 is 0. The molecule has 4 heterocycles. The van der Waals surface area contributed by atoms with Gasteiger partial charge in [-0.3, -0.25) is 0 Å². The Labute approximate surface area is 256 Å². The molecule has 44 heavy (non-hydrogen) atoms. The van der Waals surface area contributed by atoms with Crippen LogP contribution in [0.2, 0.25) is 0 Å². The molecule has 0 unspecified atom stereocenters. The Hall–Kier alpha value is -5.36. The molecule has 6 aromatic rings. The highest BCUT2D eigenvalue weighted by molar-refractivity contribution is 6.12. The normalized spacial score (nSPS) is 14.0. The first-order chi connectivity index (χ1) is 21.8. The zero-order valence-electron chi connectivity index (χ0n) is 24.4. The molecule has 0 fully saturated rings. The molecule has 0 aromatic heterocycles. The molecule has 6 nitrogen and oxygen atoms in total. The SMILES string of the molecule is c1ccc2c3c(ccc2c1)N=Nc1ccc(cc1)OCCCCCCOc1ccc(cc1)N=Nc1ccc2ccccc2c1-3. The van der Waals surface area contributed by atoms with Crippen molar-refractivity contribution in [2.75, 3.05) is 13.2 Å². The van der Waals surface area contributed by atoms with Crippen molar-refractivity contribution in [3.8, 4) is 22.6 Å². The fraction of sp³-hybridized carbons (Fsp3) is 0.158. The van der Waals surface area contributed by atoms with Gasteiger partial charge in [0.05, 0.1) is 36.0 Å². The topological polar surface area (TPSA) is 67.9 Å². The largest absolute Gasteiger partial charge is 0.494 e. The molecule has 6 heteroatoms. The van der Waals surface area contributed by atoms with Gasteiger partial charge in [0.1, 0.15) is 11.5 Å². The van der Waals surface area contributed by atoms with Gasteiger partial charge in [-0.15, -0.1) is 10.2 Å². The van der Waals surface area contributed by atoms with Crippen LogP contribution in [0.25, 0.3) is 32.7 Å². The van der Waals surface area contributed by atoms with Gasteiger partial charge in [0.25, 0.3) is 0 Å². The van der Waals surface area contributed by atoms with Gasteiger partial charge in [0, 0.05) is 11.1 Å². The van der Waals surface area contributed by atoms with Crippen LogP contribution in [0.3, 0.4) is 0 Å². The predicted molar refractivity (Wildman–Crippen MR) is 178 cm³/mol. The first-order valence-corrected chi connectivity index (χ1v) is 15.1. The van der Waals surface area contributed by atoms with E-state index in [9.17, 15) is 0 Å². The molecule has 216 valence electrons. The Morgan fingerprint density at radius 2 is 0.818 bits per heavy atom. The highest BCUT2D eigenvalue weighted by atomic mass is 16.5. The van der Waals surface area contributed by atoms with E-state index >= 15 is 0 Å². The van der Waals surface area contributed by atoms with Crippen LogP contribution >= 0.6 is 0 Å². The molecule has 0 N–H and O–H groups in total. The summed E-state index contributed by atoms with van der Waals surface area (Å²) in [6.45, 7) is 1.37. The lowest BCUT2D eigenvalue weighted by molar-refractivity contribution is 0.287. The summed E-state index contributed by atoms with van der Waals surface area (Å²) in [4.78, 5) is 0. The van der Waals surface area contributed by atoms with Gasteiger partial charge in [-0.05, 0) is 108 Å². The third kappa shape index (κ3) is 6.06. The lowest BCUT2D eigenvalue weighted by atomic mass is 9.91. The summed E-state index contributed by atoms with van der Waals surface area (Å²) in [7, 11) is 0. The van der Waals surface area contributed by atoms with Crippen LogP contribution in [0.15, 0.2) is 142 Å². The number of ether oxygens (including phenoxy) is 2. The van der Waals surface area contributed by atoms with E-state index in [1.807, 2.05) is 60.7 Å². The second kappa shape index (κ2) is 12.9. The fourth-order valence-corrected chi connectivity index (χ4v) is 5.59. The lowest BCUT2D eigenvalue weighted by Crippen LogP contribution is -1.99. The zero-order chi connectivity index (χ0) is 29.6. The van der Waals surface area contributed by atoms with E-state index in [0.717, 1.165) is 92.6 Å². The van der Waals surface area contributed by atoms with Gasteiger partial charge in [-0.2, -0.15) is 10.2 Å². The maximum Gasteiger partial charge on any atom is 0.119 e. The van der Waals surface area contributed by atoms with E-state index in [0.29, 0.717) is 13.2 Å². The maximum atomic E-state index is 5.97. The van der Waals surface area contributed by atoms with Crippen molar-refractivity contribution in [3.05, 3.63) is 121 Å². The number of azo groups is 2. The minimum atomic E-state index is 0.686. The van der Waals surface area contributed by atoms with Crippen molar-refractivity contribution in [1.29, 1.82) is 0 Å². The van der Waals surface area contributed by atoms with Gasteiger partial charge in [0.15, 0.2) is 0 Å². The monoisotopic (exact) mass is 576 g/mol. The highest BCUT2D eigenvalue weighted by Gasteiger charge is 2.17. The minimum absolute atomic E-state index is 0.686. The van der Waals surface area contributed by atoms with Gasteiger partial charge in [-0.25, -0.2) is 0 Å². The van der Waals surface area contributed by atoms with E-state index in [1.54, 1.807) is 0 Å². The molecule has 0 spiro atoms. The van der Waals surface area contributed by atoms with Crippen LogP contribution in [-0.4, -0.2) is 13.2 Å². The van der Waals surface area contributed by atoms with Gasteiger partial charge in [0.2, 0.25) is 0 Å². The molecule has 0 radical (unpaired) electrons. The summed E-state index contributed by atoms with van der Waals surface area (Å²) in [5.41, 5.74) is 4.96. The molecule has 6 aromatic carbocycles. The molecule has 0 saturated heterocycles. The van der Waals surface area contributed by atoms with Crippen molar-refractivity contribution < 1.29 is 9.47 Å². The van der Waals surface area contributed by atoms with Crippen LogP contribution in [0.5, 0.6) is 11.5 Å². The minimum Gasteiger partial charge on any atom is -0.494 e. The summed E-state index contributed by atoms with van der Waals surface area (Å²) in [5.74, 6) is 1.67. The van der Waals surface area contributed by atoms with E-state index < -0.39 is 0 Å². The Balaban J connectivity index is 1.39. The molecular weight excluding hydrogens is 544 g/mol. The van der Waals surface area contributed by atoms with E-state index in [1.165, 1.54) is 0 Å². The summed E-state index contributed by atoms with van der Waals surface area (Å²) in [5, 5.41) is 23.3. The summed E-state index contributed by atoms with van der Waals surface area (Å²) in [6.07, 6.45) is 4.20. The van der Waals surface area contributed by atoms with Crippen molar-refractivity contribution in [1.82, 2.24) is 0 Å². The van der Waals surface area contributed by atoms with Crippen molar-refractivity contribution >= 4 is 44.3 Å². The molecular formula is C38H32N4O2. The summed E-state index contributed by atoms with van der Waals surface area (Å²) in [6, 6.07) is 40.6. The lowest BCUT2D eigenvalue weighted by Gasteiger charge is -2.15. The van der Waals surface area contributed by atoms with E-state index in [2.05, 4.69) is 70.9 Å². The Bertz CT molecular complexity index is 1820. The van der Waals surface area contributed by atoms with Crippen LogP contribution in [0.4, 0.5) is 22.7 Å². The van der Waals surface area contributed by atoms with Crippen molar-refractivity contribution in [3.63, 3.8) is 0 Å². The van der Waals surface area contributed by atoms with Gasteiger partial charge < -0.3 is 9.47 Å². The molecule has 0 atom stereocenters. The Morgan fingerprint density at radius 3 is 1.27 bits per heavy atom.